The van der Waals surface area contributed by atoms with Gasteiger partial charge in [0.25, 0.3) is 5.91 Å². The van der Waals surface area contributed by atoms with Gasteiger partial charge in [0.1, 0.15) is 5.82 Å². The summed E-state index contributed by atoms with van der Waals surface area (Å²) in [5.41, 5.74) is 1.70. The number of rotatable bonds is 5. The minimum Gasteiger partial charge on any atom is -0.342 e. The van der Waals surface area contributed by atoms with E-state index >= 15 is 0 Å². The molecule has 2 aliphatic rings. The number of nitrogens with zero attached hydrogens (tertiary/aromatic N) is 4. The summed E-state index contributed by atoms with van der Waals surface area (Å²) < 4.78 is 2.23. The van der Waals surface area contributed by atoms with Crippen LogP contribution >= 0.6 is 0 Å². The fraction of sp³-hybridized carbons (Fsp3) is 0.609. The van der Waals surface area contributed by atoms with Crippen molar-refractivity contribution in [2.45, 2.75) is 65.0 Å². The third-order valence-electron chi connectivity index (χ3n) is 6.51. The van der Waals surface area contributed by atoms with Crippen molar-refractivity contribution in [2.75, 3.05) is 19.6 Å². The van der Waals surface area contributed by atoms with Crippen molar-refractivity contribution in [3.05, 3.63) is 47.0 Å². The van der Waals surface area contributed by atoms with Gasteiger partial charge in [0.15, 0.2) is 5.82 Å². The molecule has 156 valence electrons. The molecule has 1 fully saturated rings. The molecule has 2 aromatic rings. The lowest BCUT2D eigenvalue weighted by atomic mass is 9.89. The van der Waals surface area contributed by atoms with Crippen LogP contribution in [0.1, 0.15) is 72.6 Å². The van der Waals surface area contributed by atoms with Crippen LogP contribution in [0.2, 0.25) is 0 Å². The number of carbonyl (C=O) groups excluding carboxylic acids is 1. The van der Waals surface area contributed by atoms with Crippen molar-refractivity contribution < 1.29 is 4.79 Å². The second kappa shape index (κ2) is 9.08. The van der Waals surface area contributed by atoms with Gasteiger partial charge in [0.05, 0.1) is 6.04 Å². The van der Waals surface area contributed by atoms with Gasteiger partial charge in [-0.25, -0.2) is 0 Å². The first-order chi connectivity index (χ1) is 14.1. The zero-order chi connectivity index (χ0) is 20.2. The van der Waals surface area contributed by atoms with E-state index in [1.54, 1.807) is 0 Å². The van der Waals surface area contributed by atoms with E-state index in [0.29, 0.717) is 5.56 Å². The summed E-state index contributed by atoms with van der Waals surface area (Å²) in [7, 11) is 0. The van der Waals surface area contributed by atoms with Crippen molar-refractivity contribution in [3.63, 3.8) is 0 Å². The highest BCUT2D eigenvalue weighted by atomic mass is 16.1. The summed E-state index contributed by atoms with van der Waals surface area (Å²) in [5, 5.41) is 12.0. The fourth-order valence-electron chi connectivity index (χ4n) is 4.79. The summed E-state index contributed by atoms with van der Waals surface area (Å²) in [4.78, 5) is 15.3. The first-order valence-electron chi connectivity index (χ1n) is 11.1. The standard InChI is InChI=1S/C23H33N5O/c1-17-8-6-7-11-20(17)23(29)24-18(2)22-26-25-21-12-13-27(14-15-28(21)22)16-19-9-4-3-5-10-19/h6-8,11,18-19H,3-5,9-10,12-16H2,1-2H3,(H,24,29)/t18-/m1/s1. The lowest BCUT2D eigenvalue weighted by Gasteiger charge is -2.28. The van der Waals surface area contributed by atoms with Gasteiger partial charge in [0.2, 0.25) is 0 Å². The SMILES string of the molecule is Cc1ccccc1C(=O)N[C@H](C)c1nnc2n1CCN(CC1CCCCC1)CC2. The minimum absolute atomic E-state index is 0.0551. The molecule has 6 heteroatoms. The Balaban J connectivity index is 1.39. The molecule has 1 aromatic carbocycles. The van der Waals surface area contributed by atoms with Crippen molar-refractivity contribution in [3.8, 4) is 0 Å². The molecule has 1 aliphatic carbocycles. The number of aryl methyl sites for hydroxylation is 1. The van der Waals surface area contributed by atoms with Gasteiger partial charge in [-0.1, -0.05) is 37.5 Å². The highest BCUT2D eigenvalue weighted by molar-refractivity contribution is 5.95. The van der Waals surface area contributed by atoms with Crippen molar-refractivity contribution >= 4 is 5.91 Å². The quantitative estimate of drug-likeness (QED) is 0.841. The van der Waals surface area contributed by atoms with E-state index < -0.39 is 0 Å². The Morgan fingerprint density at radius 3 is 2.72 bits per heavy atom. The molecule has 6 nitrogen and oxygen atoms in total. The molecular weight excluding hydrogens is 362 g/mol. The second-order valence-corrected chi connectivity index (χ2v) is 8.69. The Hall–Kier alpha value is -2.21. The van der Waals surface area contributed by atoms with Crippen molar-refractivity contribution in [2.24, 2.45) is 5.92 Å². The van der Waals surface area contributed by atoms with E-state index in [1.165, 1.54) is 38.6 Å². The molecule has 1 N–H and O–H groups in total. The first-order valence-corrected chi connectivity index (χ1v) is 11.1. The highest BCUT2D eigenvalue weighted by Gasteiger charge is 2.25. The van der Waals surface area contributed by atoms with Gasteiger partial charge in [-0.15, -0.1) is 10.2 Å². The summed E-state index contributed by atoms with van der Waals surface area (Å²) in [6, 6.07) is 7.51. The van der Waals surface area contributed by atoms with Crippen LogP contribution in [-0.2, 0) is 13.0 Å². The molecule has 29 heavy (non-hydrogen) atoms. The van der Waals surface area contributed by atoms with Crippen LogP contribution in [0, 0.1) is 12.8 Å². The van der Waals surface area contributed by atoms with Gasteiger partial charge in [-0.2, -0.15) is 0 Å². The number of fused-ring (bicyclic) bond motifs is 1. The maximum Gasteiger partial charge on any atom is 0.252 e. The number of hydrogen-bond donors (Lipinski definition) is 1. The number of amides is 1. The smallest absolute Gasteiger partial charge is 0.252 e. The molecule has 0 bridgehead atoms. The van der Waals surface area contributed by atoms with Gasteiger partial charge < -0.3 is 14.8 Å². The Labute approximate surface area is 173 Å². The van der Waals surface area contributed by atoms with Crippen molar-refractivity contribution in [1.29, 1.82) is 0 Å². The maximum absolute atomic E-state index is 12.7. The van der Waals surface area contributed by atoms with E-state index in [9.17, 15) is 4.79 Å². The fourth-order valence-corrected chi connectivity index (χ4v) is 4.79. The molecule has 1 aliphatic heterocycles. The van der Waals surface area contributed by atoms with Gasteiger partial charge in [-0.05, 0) is 44.2 Å². The number of hydrogen-bond acceptors (Lipinski definition) is 4. The van der Waals surface area contributed by atoms with Crippen LogP contribution < -0.4 is 5.32 Å². The molecule has 0 unspecified atom stereocenters. The second-order valence-electron chi connectivity index (χ2n) is 8.69. The lowest BCUT2D eigenvalue weighted by molar-refractivity contribution is 0.0936. The topological polar surface area (TPSA) is 63.1 Å². The van der Waals surface area contributed by atoms with Gasteiger partial charge >= 0.3 is 0 Å². The molecule has 1 amide bonds. The Kier molecular flexibility index (Phi) is 6.28. The maximum atomic E-state index is 12.7. The predicted octanol–water partition coefficient (Wildman–Crippen LogP) is 3.52. The van der Waals surface area contributed by atoms with Gasteiger partial charge in [-0.3, -0.25) is 4.79 Å². The summed E-state index contributed by atoms with van der Waals surface area (Å²) in [5.74, 6) is 2.71. The molecular formula is C23H33N5O. The van der Waals surface area contributed by atoms with E-state index in [2.05, 4.69) is 25.0 Å². The highest BCUT2D eigenvalue weighted by Crippen LogP contribution is 2.25. The number of nitrogens with one attached hydrogen (secondary N) is 1. The zero-order valence-electron chi connectivity index (χ0n) is 17.7. The normalized spacial score (nSPS) is 19.4. The Morgan fingerprint density at radius 1 is 1.14 bits per heavy atom. The van der Waals surface area contributed by atoms with E-state index in [-0.39, 0.29) is 11.9 Å². The molecule has 1 aromatic heterocycles. The largest absolute Gasteiger partial charge is 0.342 e. The average molecular weight is 396 g/mol. The monoisotopic (exact) mass is 395 g/mol. The minimum atomic E-state index is -0.173. The molecule has 0 saturated heterocycles. The Morgan fingerprint density at radius 2 is 1.93 bits per heavy atom. The van der Waals surface area contributed by atoms with Crippen LogP contribution in [0.5, 0.6) is 0 Å². The molecule has 1 saturated carbocycles. The third kappa shape index (κ3) is 4.69. The van der Waals surface area contributed by atoms with E-state index in [1.807, 2.05) is 38.1 Å². The summed E-state index contributed by atoms with van der Waals surface area (Å²) >= 11 is 0. The molecule has 2 heterocycles. The van der Waals surface area contributed by atoms with Crippen molar-refractivity contribution in [1.82, 2.24) is 25.0 Å². The van der Waals surface area contributed by atoms with Crippen LogP contribution in [0.4, 0.5) is 0 Å². The van der Waals surface area contributed by atoms with Crippen LogP contribution in [0.25, 0.3) is 0 Å². The zero-order valence-corrected chi connectivity index (χ0v) is 17.7. The summed E-state index contributed by atoms with van der Waals surface area (Å²) in [6.45, 7) is 8.16. The van der Waals surface area contributed by atoms with Crippen LogP contribution in [0.15, 0.2) is 24.3 Å². The van der Waals surface area contributed by atoms with Gasteiger partial charge in [0, 0.05) is 38.2 Å². The molecule has 4 rings (SSSR count). The third-order valence-corrected chi connectivity index (χ3v) is 6.51. The summed E-state index contributed by atoms with van der Waals surface area (Å²) in [6.07, 6.45) is 7.90. The first kappa shape index (κ1) is 20.1. The molecule has 0 spiro atoms. The molecule has 1 atom stereocenters. The van der Waals surface area contributed by atoms with Crippen LogP contribution in [0.3, 0.4) is 0 Å². The van der Waals surface area contributed by atoms with E-state index in [0.717, 1.165) is 49.2 Å². The molecule has 0 radical (unpaired) electrons. The predicted molar refractivity (Wildman–Crippen MR) is 114 cm³/mol. The lowest BCUT2D eigenvalue weighted by Crippen LogP contribution is -2.33. The number of aromatic nitrogens is 3. The number of carbonyl (C=O) groups is 1. The average Bonchev–Trinajstić information content (AvgIpc) is 3.04. The van der Waals surface area contributed by atoms with Crippen LogP contribution in [-0.4, -0.2) is 45.2 Å². The number of benzene rings is 1. The Bertz CT molecular complexity index is 840. The van der Waals surface area contributed by atoms with E-state index in [4.69, 9.17) is 0 Å².